The highest BCUT2D eigenvalue weighted by Gasteiger charge is 2.66. The number of ether oxygens (including phenoxy) is 7. The lowest BCUT2D eigenvalue weighted by Crippen LogP contribution is -2.63. The second kappa shape index (κ2) is 27.0. The summed E-state index contributed by atoms with van der Waals surface area (Å²) in [5.41, 5.74) is -1.51. The summed E-state index contributed by atoms with van der Waals surface area (Å²) in [6.45, 7) is 23.3. The van der Waals surface area contributed by atoms with Crippen LogP contribution in [0.5, 0.6) is 0 Å². The Morgan fingerprint density at radius 3 is 1.50 bits per heavy atom. The minimum Gasteiger partial charge on any atom is -0.459 e. The van der Waals surface area contributed by atoms with Gasteiger partial charge in [-0.15, -0.1) is 11.6 Å². The predicted molar refractivity (Wildman–Crippen MR) is 277 cm³/mol. The number of esters is 2. The first-order chi connectivity index (χ1) is 34.4. The van der Waals surface area contributed by atoms with Gasteiger partial charge in [-0.25, -0.2) is 0 Å². The van der Waals surface area contributed by atoms with Crippen molar-refractivity contribution in [2.45, 2.75) is 224 Å². The minimum atomic E-state index is -1.65. The van der Waals surface area contributed by atoms with Gasteiger partial charge in [-0.2, -0.15) is 0 Å². The Morgan fingerprint density at radius 1 is 0.689 bits per heavy atom. The van der Waals surface area contributed by atoms with Crippen LogP contribution in [0.25, 0.3) is 0 Å². The molecule has 74 heavy (non-hydrogen) atoms. The lowest BCUT2D eigenvalue weighted by atomic mass is 9.80. The fourth-order valence-corrected chi connectivity index (χ4v) is 10.1. The van der Waals surface area contributed by atoms with Crippen LogP contribution in [0.15, 0.2) is 71.9 Å². The molecule has 18 atom stereocenters. The van der Waals surface area contributed by atoms with Gasteiger partial charge in [0.2, 0.25) is 11.8 Å². The summed E-state index contributed by atoms with van der Waals surface area (Å²) in [6, 6.07) is -0.256. The summed E-state index contributed by atoms with van der Waals surface area (Å²) in [5, 5.41) is 58.6. The average Bonchev–Trinajstić information content (AvgIpc) is 4.11. The molecule has 0 aromatic rings. The Hall–Kier alpha value is -3.79. The van der Waals surface area contributed by atoms with Gasteiger partial charge in [0.15, 0.2) is 5.79 Å². The molecule has 5 aliphatic heterocycles. The highest BCUT2D eigenvalue weighted by atomic mass is 35.5. The number of allylic oxidation sites excluding steroid dienone is 4. The summed E-state index contributed by atoms with van der Waals surface area (Å²) >= 11 is 5.85. The van der Waals surface area contributed by atoms with Gasteiger partial charge in [0.05, 0.1) is 54.6 Å². The Kier molecular flexibility index (Phi) is 22.9. The fourth-order valence-electron chi connectivity index (χ4n) is 9.88. The molecule has 18 nitrogen and oxygen atoms in total. The molecule has 9 unspecified atom stereocenters. The molecule has 2 amide bonds. The molecule has 7 N–H and O–H groups in total. The van der Waals surface area contributed by atoms with E-state index in [0.29, 0.717) is 19.4 Å². The van der Waals surface area contributed by atoms with Crippen molar-refractivity contribution in [3.8, 4) is 0 Å². The highest BCUT2D eigenvalue weighted by Crippen LogP contribution is 2.47. The van der Waals surface area contributed by atoms with Crippen LogP contribution in [-0.2, 0) is 52.3 Å². The van der Waals surface area contributed by atoms with Gasteiger partial charge in [0, 0.05) is 32.4 Å². The lowest BCUT2D eigenvalue weighted by Gasteiger charge is -2.46. The van der Waals surface area contributed by atoms with Crippen molar-refractivity contribution >= 4 is 35.4 Å². The molecule has 5 heterocycles. The molecule has 5 saturated heterocycles. The molecule has 0 aromatic heterocycles. The molecule has 1 spiro atoms. The minimum absolute atomic E-state index is 0.0137. The van der Waals surface area contributed by atoms with Gasteiger partial charge >= 0.3 is 11.9 Å². The standard InChI is InChI=1S/C28H43NO8.C27H42ClNO8/c1-16(9-12-23-25(32)28(15-34-28)26(33)27(6,7)37-23)8-11-22-17(2)14-21(19(4)36-22)29-24(31)13-10-18(3)35-20(5)30;1-16(8-11-23-25(32)27(34,15-28)14-26(6,33)37-23)7-10-22-17(2)13-21(19(4)36-22)29-24(31)12-9-18(3)35-20(5)30/h8-10,12-13,17-19,21-23,25-26,32-33H,11,14-15H2,1-7H3,(H,29,31);7-9,11-12,17-19,21-23,25,32-34H,10,13-15H2,1-6H3,(H,29,31)/b12-9+,13-10-,16-8+;11-8+,12-9-,16-7+/t;17-,18-,19+,21+,22-,23+,25+,26-,27+/m.0/s1. The van der Waals surface area contributed by atoms with Gasteiger partial charge in [-0.1, -0.05) is 61.4 Å². The SMILES string of the molecule is CC(=O)OC(C)/C=C\C(=O)NC1CC(C)C(C/C=C(C)/C=C/C2OC(C)(C)C(O)C3(CO3)C2O)OC1C.CC(=O)O[C@@H](C)/C=C\C(=O)N[C@@H]1C[C@H](C)[C@H](C/C=C(C)/C=C/[C@H]2O[C@](C)(O)C[C@@](O)(CCl)[C@@H]2O)O[C@@H]1C. The van der Waals surface area contributed by atoms with E-state index >= 15 is 0 Å². The van der Waals surface area contributed by atoms with E-state index < -0.39 is 77.3 Å². The van der Waals surface area contributed by atoms with E-state index in [0.717, 1.165) is 24.0 Å². The quantitative estimate of drug-likeness (QED) is 0.0337. The number of alkyl halides is 1. The molecule has 5 aliphatic rings. The van der Waals surface area contributed by atoms with Crippen LogP contribution in [0.2, 0.25) is 0 Å². The van der Waals surface area contributed by atoms with Crippen LogP contribution in [0.3, 0.4) is 0 Å². The Bertz CT molecular complexity index is 1990. The van der Waals surface area contributed by atoms with Crippen LogP contribution >= 0.6 is 11.6 Å². The molecule has 5 rings (SSSR count). The van der Waals surface area contributed by atoms with Crippen molar-refractivity contribution in [1.29, 1.82) is 0 Å². The third-order valence-corrected chi connectivity index (χ3v) is 14.7. The Labute approximate surface area is 442 Å². The number of carbonyl (C=O) groups excluding carboxylic acids is 4. The highest BCUT2D eigenvalue weighted by molar-refractivity contribution is 6.18. The maximum absolute atomic E-state index is 12.3. The molecule has 418 valence electrons. The van der Waals surface area contributed by atoms with Gasteiger partial charge in [-0.3, -0.25) is 19.2 Å². The molecule has 0 radical (unpaired) electrons. The molecule has 5 fully saturated rings. The smallest absolute Gasteiger partial charge is 0.303 e. The summed E-state index contributed by atoms with van der Waals surface area (Å²) in [4.78, 5) is 46.6. The zero-order valence-electron chi connectivity index (χ0n) is 45.5. The fraction of sp³-hybridized carbons (Fsp3) is 0.709. The van der Waals surface area contributed by atoms with Gasteiger partial charge < -0.3 is 69.3 Å². The maximum atomic E-state index is 12.3. The van der Waals surface area contributed by atoms with E-state index in [-0.39, 0.29) is 72.5 Å². The summed E-state index contributed by atoms with van der Waals surface area (Å²) in [7, 11) is 0. The first-order valence-electron chi connectivity index (χ1n) is 25.8. The maximum Gasteiger partial charge on any atom is 0.303 e. The second-order valence-electron chi connectivity index (χ2n) is 21.7. The normalized spacial score (nSPS) is 38.3. The van der Waals surface area contributed by atoms with Crippen LogP contribution in [0.4, 0.5) is 0 Å². The van der Waals surface area contributed by atoms with E-state index in [1.807, 2.05) is 45.9 Å². The predicted octanol–water partition coefficient (Wildman–Crippen LogP) is 4.87. The summed E-state index contributed by atoms with van der Waals surface area (Å²) in [6.07, 6.45) is 13.9. The van der Waals surface area contributed by atoms with Gasteiger partial charge in [0.25, 0.3) is 0 Å². The molecule has 0 aliphatic carbocycles. The van der Waals surface area contributed by atoms with E-state index in [1.54, 1.807) is 45.9 Å². The number of epoxide rings is 1. The van der Waals surface area contributed by atoms with Crippen molar-refractivity contribution in [1.82, 2.24) is 10.6 Å². The van der Waals surface area contributed by atoms with E-state index in [9.17, 15) is 44.7 Å². The lowest BCUT2D eigenvalue weighted by molar-refractivity contribution is -0.302. The number of aliphatic hydroxyl groups is 5. The summed E-state index contributed by atoms with van der Waals surface area (Å²) in [5.74, 6) is -2.72. The number of amides is 2. The van der Waals surface area contributed by atoms with Gasteiger partial charge in [0.1, 0.15) is 53.9 Å². The molecule has 19 heteroatoms. The third-order valence-electron chi connectivity index (χ3n) is 14.2. The van der Waals surface area contributed by atoms with Crippen molar-refractivity contribution in [3.63, 3.8) is 0 Å². The Morgan fingerprint density at radius 2 is 1.11 bits per heavy atom. The zero-order chi connectivity index (χ0) is 55.5. The van der Waals surface area contributed by atoms with E-state index in [1.165, 1.54) is 39.0 Å². The van der Waals surface area contributed by atoms with Crippen LogP contribution in [0, 0.1) is 11.8 Å². The number of halogens is 1. The number of aliphatic hydroxyl groups excluding tert-OH is 3. The molecule has 0 bridgehead atoms. The number of carbonyl (C=O) groups is 4. The Balaban J connectivity index is 0.000000320. The first-order valence-corrected chi connectivity index (χ1v) is 26.3. The first kappa shape index (κ1) is 62.7. The number of nitrogens with one attached hydrogen (secondary N) is 2. The number of hydrogen-bond donors (Lipinski definition) is 7. The van der Waals surface area contributed by atoms with Crippen molar-refractivity contribution in [3.05, 3.63) is 71.9 Å². The van der Waals surface area contributed by atoms with Crippen molar-refractivity contribution < 1.29 is 77.9 Å². The largest absolute Gasteiger partial charge is 0.459 e. The number of hydrogen-bond acceptors (Lipinski definition) is 16. The zero-order valence-corrected chi connectivity index (χ0v) is 46.2. The molecule has 0 aromatic carbocycles. The molecule has 0 saturated carbocycles. The molecular weight excluding hydrogens is 980 g/mol. The number of rotatable bonds is 17. The van der Waals surface area contributed by atoms with Crippen LogP contribution in [0.1, 0.15) is 122 Å². The van der Waals surface area contributed by atoms with E-state index in [4.69, 9.17) is 44.8 Å². The van der Waals surface area contributed by atoms with Gasteiger partial charge in [-0.05, 0) is 112 Å². The topological polar surface area (TPSA) is 261 Å². The second-order valence-corrected chi connectivity index (χ2v) is 22.0. The van der Waals surface area contributed by atoms with Crippen molar-refractivity contribution in [2.75, 3.05) is 12.5 Å². The van der Waals surface area contributed by atoms with E-state index in [2.05, 4.69) is 30.6 Å². The van der Waals surface area contributed by atoms with Crippen LogP contribution in [-0.4, -0.2) is 164 Å². The van der Waals surface area contributed by atoms with Crippen LogP contribution < -0.4 is 10.6 Å². The molecular formula is C55H85ClN2O16. The third kappa shape index (κ3) is 18.2. The average molecular weight is 1070 g/mol. The van der Waals surface area contributed by atoms with Crippen molar-refractivity contribution in [2.24, 2.45) is 11.8 Å². The summed E-state index contributed by atoms with van der Waals surface area (Å²) < 4.78 is 39.4. The monoisotopic (exact) mass is 1060 g/mol.